The molecule has 1 heterocycles. The lowest BCUT2D eigenvalue weighted by Gasteiger charge is -2.01. The Kier molecular flexibility index (Phi) is 2.90. The molecule has 0 aliphatic heterocycles. The molecule has 2 aromatic rings. The van der Waals surface area contributed by atoms with E-state index in [0.717, 1.165) is 17.4 Å². The molecule has 0 amide bonds. The van der Waals surface area contributed by atoms with Crippen molar-refractivity contribution in [2.24, 2.45) is 7.05 Å². The van der Waals surface area contributed by atoms with Gasteiger partial charge in [0.05, 0.1) is 5.56 Å². The minimum Gasteiger partial charge on any atom is -0.383 e. The van der Waals surface area contributed by atoms with Crippen LogP contribution < -0.4 is 5.73 Å². The summed E-state index contributed by atoms with van der Waals surface area (Å²) in [6.07, 6.45) is 0.724. The number of carbonyl (C=O) groups excluding carboxylic acids is 1. The summed E-state index contributed by atoms with van der Waals surface area (Å²) in [5.41, 5.74) is 8.53. The largest absolute Gasteiger partial charge is 0.383 e. The fourth-order valence-corrected chi connectivity index (χ4v) is 1.79. The van der Waals surface area contributed by atoms with Crippen molar-refractivity contribution in [2.75, 3.05) is 5.73 Å². The Labute approximate surface area is 104 Å². The van der Waals surface area contributed by atoms with Crippen LogP contribution in [0.25, 0.3) is 11.3 Å². The number of nitrogens with two attached hydrogens (primary N) is 1. The Bertz CT molecular complexity index is 590. The molecule has 1 aromatic carbocycles. The number of hydrogen-bond donors (Lipinski definition) is 1. The lowest BCUT2D eigenvalue weighted by molar-refractivity contribution is 0.112. The van der Waals surface area contributed by atoms with Gasteiger partial charge in [-0.2, -0.15) is 5.10 Å². The Morgan fingerprint density at radius 2 is 2.18 bits per heavy atom. The van der Waals surface area contributed by atoms with Gasteiger partial charge in [0, 0.05) is 17.6 Å². The molecule has 2 rings (SSSR count). The van der Waals surface area contributed by atoms with E-state index in [4.69, 9.17) is 17.3 Å². The average molecular weight is 250 g/mol. The number of rotatable bonds is 2. The highest BCUT2D eigenvalue weighted by molar-refractivity contribution is 6.31. The molecule has 0 saturated heterocycles. The zero-order chi connectivity index (χ0) is 12.6. The number of halogens is 1. The number of nitrogens with zero attached hydrogens (tertiary/aromatic N) is 2. The molecular formula is C12H12ClN3O. The van der Waals surface area contributed by atoms with Crippen LogP contribution in [0.15, 0.2) is 18.2 Å². The molecule has 0 aliphatic rings. The molecule has 0 saturated carbocycles. The third kappa shape index (κ3) is 1.91. The first-order valence-corrected chi connectivity index (χ1v) is 5.46. The second-order valence-electron chi connectivity index (χ2n) is 3.85. The van der Waals surface area contributed by atoms with Gasteiger partial charge in [0.25, 0.3) is 0 Å². The first-order chi connectivity index (χ1) is 8.04. The summed E-state index contributed by atoms with van der Waals surface area (Å²) in [6, 6.07) is 5.49. The molecule has 88 valence electrons. The van der Waals surface area contributed by atoms with Crippen molar-refractivity contribution < 1.29 is 4.79 Å². The SMILES string of the molecule is Cc1cc(-c2nn(C)c(N)c2C=O)ccc1Cl. The summed E-state index contributed by atoms with van der Waals surface area (Å²) in [4.78, 5) is 11.0. The number of anilines is 1. The Hall–Kier alpha value is -1.81. The van der Waals surface area contributed by atoms with Gasteiger partial charge < -0.3 is 5.73 Å². The normalized spacial score (nSPS) is 10.5. The van der Waals surface area contributed by atoms with Crippen LogP contribution in [0.2, 0.25) is 5.02 Å². The topological polar surface area (TPSA) is 60.9 Å². The van der Waals surface area contributed by atoms with Gasteiger partial charge in [-0.1, -0.05) is 17.7 Å². The van der Waals surface area contributed by atoms with Gasteiger partial charge in [0.15, 0.2) is 6.29 Å². The van der Waals surface area contributed by atoms with Crippen molar-refractivity contribution in [3.8, 4) is 11.3 Å². The maximum absolute atomic E-state index is 11.0. The first kappa shape index (κ1) is 11.7. The van der Waals surface area contributed by atoms with Gasteiger partial charge in [0.2, 0.25) is 0 Å². The van der Waals surface area contributed by atoms with Gasteiger partial charge in [-0.05, 0) is 24.6 Å². The zero-order valence-electron chi connectivity index (χ0n) is 9.57. The fourth-order valence-electron chi connectivity index (χ4n) is 1.67. The lowest BCUT2D eigenvalue weighted by atomic mass is 10.1. The van der Waals surface area contributed by atoms with E-state index in [9.17, 15) is 4.79 Å². The smallest absolute Gasteiger partial charge is 0.156 e. The van der Waals surface area contributed by atoms with Crippen molar-refractivity contribution in [3.05, 3.63) is 34.3 Å². The Morgan fingerprint density at radius 3 is 2.76 bits per heavy atom. The standard InChI is InChI=1S/C12H12ClN3O/c1-7-5-8(3-4-10(7)13)11-9(6-17)12(14)16(2)15-11/h3-6H,14H2,1-2H3. The van der Waals surface area contributed by atoms with E-state index in [-0.39, 0.29) is 0 Å². The van der Waals surface area contributed by atoms with E-state index < -0.39 is 0 Å². The van der Waals surface area contributed by atoms with Crippen LogP contribution in [-0.4, -0.2) is 16.1 Å². The Balaban J connectivity index is 2.64. The molecule has 0 unspecified atom stereocenters. The molecule has 2 N–H and O–H groups in total. The predicted octanol–water partition coefficient (Wildman–Crippen LogP) is 2.44. The first-order valence-electron chi connectivity index (χ1n) is 5.08. The van der Waals surface area contributed by atoms with Crippen molar-refractivity contribution in [1.29, 1.82) is 0 Å². The molecule has 0 aliphatic carbocycles. The molecule has 0 bridgehead atoms. The van der Waals surface area contributed by atoms with Crippen LogP contribution in [0, 0.1) is 6.92 Å². The zero-order valence-corrected chi connectivity index (χ0v) is 10.3. The van der Waals surface area contributed by atoms with E-state index in [2.05, 4.69) is 5.10 Å². The third-order valence-corrected chi connectivity index (χ3v) is 3.10. The number of aryl methyl sites for hydroxylation is 2. The minimum absolute atomic E-state index is 0.364. The van der Waals surface area contributed by atoms with E-state index in [1.807, 2.05) is 19.1 Å². The van der Waals surface area contributed by atoms with Gasteiger partial charge in [-0.25, -0.2) is 0 Å². The molecule has 1 aromatic heterocycles. The maximum Gasteiger partial charge on any atom is 0.156 e. The van der Waals surface area contributed by atoms with Crippen LogP contribution >= 0.6 is 11.6 Å². The summed E-state index contributed by atoms with van der Waals surface area (Å²) in [7, 11) is 1.70. The van der Waals surface area contributed by atoms with Crippen LogP contribution in [0.4, 0.5) is 5.82 Å². The molecule has 0 fully saturated rings. The van der Waals surface area contributed by atoms with E-state index >= 15 is 0 Å². The number of carbonyl (C=O) groups is 1. The molecule has 0 spiro atoms. The number of aldehydes is 1. The molecule has 0 atom stereocenters. The second-order valence-corrected chi connectivity index (χ2v) is 4.26. The van der Waals surface area contributed by atoms with E-state index in [0.29, 0.717) is 22.1 Å². The fraction of sp³-hybridized carbons (Fsp3) is 0.167. The highest BCUT2D eigenvalue weighted by Gasteiger charge is 2.15. The van der Waals surface area contributed by atoms with Crippen molar-refractivity contribution in [3.63, 3.8) is 0 Å². The highest BCUT2D eigenvalue weighted by atomic mass is 35.5. The average Bonchev–Trinajstić information content (AvgIpc) is 2.59. The molecule has 4 nitrogen and oxygen atoms in total. The van der Waals surface area contributed by atoms with Crippen LogP contribution in [-0.2, 0) is 7.05 Å². The second kappa shape index (κ2) is 4.22. The van der Waals surface area contributed by atoms with E-state index in [1.165, 1.54) is 4.68 Å². The molecule has 0 radical (unpaired) electrons. The van der Waals surface area contributed by atoms with Gasteiger partial charge in [-0.15, -0.1) is 0 Å². The van der Waals surface area contributed by atoms with Gasteiger partial charge in [-0.3, -0.25) is 9.48 Å². The summed E-state index contributed by atoms with van der Waals surface area (Å²) >= 11 is 5.96. The number of nitrogen functional groups attached to an aromatic ring is 1. The minimum atomic E-state index is 0.364. The van der Waals surface area contributed by atoms with Crippen LogP contribution in [0.1, 0.15) is 15.9 Å². The number of benzene rings is 1. The monoisotopic (exact) mass is 249 g/mol. The van der Waals surface area contributed by atoms with Gasteiger partial charge >= 0.3 is 0 Å². The highest BCUT2D eigenvalue weighted by Crippen LogP contribution is 2.28. The summed E-state index contributed by atoms with van der Waals surface area (Å²) in [5, 5.41) is 4.92. The molecule has 5 heteroatoms. The molecular weight excluding hydrogens is 238 g/mol. The lowest BCUT2D eigenvalue weighted by Crippen LogP contribution is -1.98. The Morgan fingerprint density at radius 1 is 1.47 bits per heavy atom. The quantitative estimate of drug-likeness (QED) is 0.832. The summed E-state index contributed by atoms with van der Waals surface area (Å²) in [5.74, 6) is 0.364. The van der Waals surface area contributed by atoms with Crippen LogP contribution in [0.3, 0.4) is 0 Å². The maximum atomic E-state index is 11.0. The van der Waals surface area contributed by atoms with Gasteiger partial charge in [0.1, 0.15) is 11.5 Å². The summed E-state index contributed by atoms with van der Waals surface area (Å²) in [6.45, 7) is 1.90. The summed E-state index contributed by atoms with van der Waals surface area (Å²) < 4.78 is 1.49. The van der Waals surface area contributed by atoms with Crippen molar-refractivity contribution in [1.82, 2.24) is 9.78 Å². The number of hydrogen-bond acceptors (Lipinski definition) is 3. The third-order valence-electron chi connectivity index (χ3n) is 2.68. The predicted molar refractivity (Wildman–Crippen MR) is 68.2 cm³/mol. The van der Waals surface area contributed by atoms with Crippen LogP contribution in [0.5, 0.6) is 0 Å². The molecule has 17 heavy (non-hydrogen) atoms. The number of aromatic nitrogens is 2. The van der Waals surface area contributed by atoms with E-state index in [1.54, 1.807) is 13.1 Å². The van der Waals surface area contributed by atoms with Crippen molar-refractivity contribution >= 4 is 23.7 Å². The van der Waals surface area contributed by atoms with Crippen molar-refractivity contribution in [2.45, 2.75) is 6.92 Å².